The van der Waals surface area contributed by atoms with Crippen LogP contribution in [0.3, 0.4) is 0 Å². The molecule has 0 radical (unpaired) electrons. The molecule has 2 nitrogen and oxygen atoms in total. The van der Waals surface area contributed by atoms with E-state index in [0.717, 1.165) is 13.1 Å². The minimum Gasteiger partial charge on any atom is -0.387 e. The third-order valence-corrected chi connectivity index (χ3v) is 9.39. The number of thiocarbonyl (C=S) groups is 1. The van der Waals surface area contributed by atoms with Gasteiger partial charge in [-0.3, -0.25) is 0 Å². The van der Waals surface area contributed by atoms with E-state index in [2.05, 4.69) is 31.5 Å². The van der Waals surface area contributed by atoms with E-state index in [1.807, 2.05) is 0 Å². The molecule has 258 valence electrons. The molecule has 0 spiro atoms. The van der Waals surface area contributed by atoms with Crippen molar-refractivity contribution in [2.24, 2.45) is 0 Å². The molecule has 0 saturated carbocycles. The zero-order valence-corrected chi connectivity index (χ0v) is 31.4. The van der Waals surface area contributed by atoms with Gasteiger partial charge in [0.25, 0.3) is 0 Å². The van der Waals surface area contributed by atoms with E-state index in [0.29, 0.717) is 4.38 Å². The van der Waals surface area contributed by atoms with Crippen molar-refractivity contribution >= 4 is 29.2 Å². The molecule has 0 aromatic rings. The van der Waals surface area contributed by atoms with E-state index in [1.54, 1.807) is 0 Å². The van der Waals surface area contributed by atoms with Crippen LogP contribution in [0.25, 0.3) is 0 Å². The molecule has 4 heteroatoms. The van der Waals surface area contributed by atoms with Crippen LogP contribution in [0.15, 0.2) is 0 Å². The van der Waals surface area contributed by atoms with Crippen molar-refractivity contribution in [3.8, 4) is 0 Å². The van der Waals surface area contributed by atoms with Crippen LogP contribution < -0.4 is 0 Å². The highest BCUT2D eigenvalue weighted by molar-refractivity contribution is 8.10. The lowest BCUT2D eigenvalue weighted by molar-refractivity contribution is -0.0676. The second kappa shape index (κ2) is 38.4. The Morgan fingerprint density at radius 1 is 0.372 bits per heavy atom. The summed E-state index contributed by atoms with van der Waals surface area (Å²) in [5.41, 5.74) is 0. The number of unbranched alkanes of at least 4 members (excludes halogenated alkanes) is 32. The zero-order chi connectivity index (χ0) is 31.3. The van der Waals surface area contributed by atoms with Crippen molar-refractivity contribution in [2.45, 2.75) is 232 Å². The monoisotopic (exact) mass is 642 g/mol. The summed E-state index contributed by atoms with van der Waals surface area (Å²) in [5, 5.41) is 2.08. The van der Waals surface area contributed by atoms with Gasteiger partial charge in [-0.05, 0) is 25.1 Å². The second-order valence-corrected chi connectivity index (χ2v) is 14.7. The molecule has 0 amide bonds. The van der Waals surface area contributed by atoms with Gasteiger partial charge in [0, 0.05) is 13.1 Å². The molecular formula is C39H79NOS2. The molecule has 0 aliphatic carbocycles. The average Bonchev–Trinajstić information content (AvgIpc) is 2.99. The Balaban J connectivity index is 3.45. The van der Waals surface area contributed by atoms with E-state index < -0.39 is 0 Å². The summed E-state index contributed by atoms with van der Waals surface area (Å²) < 4.78 is 0.360. The normalized spacial score (nSPS) is 11.5. The summed E-state index contributed by atoms with van der Waals surface area (Å²) in [7, 11) is 0. The van der Waals surface area contributed by atoms with Crippen LogP contribution >= 0.6 is 24.8 Å². The topological polar surface area (TPSA) is 12.5 Å². The van der Waals surface area contributed by atoms with Crippen LogP contribution in [0.2, 0.25) is 0 Å². The van der Waals surface area contributed by atoms with Gasteiger partial charge in [-0.15, -0.1) is 5.06 Å². The van der Waals surface area contributed by atoms with Crippen LogP contribution in [0.5, 0.6) is 0 Å². The molecule has 0 aromatic carbocycles. The van der Waals surface area contributed by atoms with Gasteiger partial charge in [0.1, 0.15) is 0 Å². The van der Waals surface area contributed by atoms with Gasteiger partial charge in [0.05, 0.1) is 0 Å². The Kier molecular flexibility index (Phi) is 38.6. The molecule has 0 atom stereocenters. The molecule has 0 N–H and O–H groups in total. The molecule has 0 heterocycles. The zero-order valence-electron chi connectivity index (χ0n) is 29.7. The van der Waals surface area contributed by atoms with Crippen molar-refractivity contribution in [2.75, 3.05) is 13.1 Å². The first-order valence-electron chi connectivity index (χ1n) is 19.9. The highest BCUT2D eigenvalue weighted by Gasteiger charge is 2.07. The molecule has 43 heavy (non-hydrogen) atoms. The molecule has 0 bridgehead atoms. The minimum atomic E-state index is 0.360. The van der Waals surface area contributed by atoms with Crippen molar-refractivity contribution in [1.29, 1.82) is 0 Å². The molecule has 0 aliphatic rings. The largest absolute Gasteiger partial charge is 0.387 e. The predicted molar refractivity (Wildman–Crippen MR) is 203 cm³/mol. The highest BCUT2D eigenvalue weighted by atomic mass is 32.1. The average molecular weight is 642 g/mol. The quantitative estimate of drug-likeness (QED) is 0.0314. The van der Waals surface area contributed by atoms with Gasteiger partial charge in [0.2, 0.25) is 4.38 Å². The Labute approximate surface area is 283 Å². The summed E-state index contributed by atoms with van der Waals surface area (Å²) in [6.45, 7) is 6.57. The fourth-order valence-electron chi connectivity index (χ4n) is 6.34. The molecule has 0 fully saturated rings. The van der Waals surface area contributed by atoms with Gasteiger partial charge in [-0.2, -0.15) is 0 Å². The number of hydrogen-bond acceptors (Lipinski definition) is 3. The van der Waals surface area contributed by atoms with Gasteiger partial charge < -0.3 is 4.84 Å². The summed E-state index contributed by atoms with van der Waals surface area (Å²) >= 11 is 9.33. The number of nitrogens with zero attached hydrogens (tertiary/aromatic N) is 1. The highest BCUT2D eigenvalue weighted by Crippen LogP contribution is 2.16. The molecule has 0 aromatic heterocycles. The Morgan fingerprint density at radius 2 is 0.558 bits per heavy atom. The summed E-state index contributed by atoms with van der Waals surface area (Å²) in [6, 6.07) is 0. The lowest BCUT2D eigenvalue weighted by atomic mass is 10.0. The van der Waals surface area contributed by atoms with Crippen LogP contribution in [-0.2, 0) is 4.84 Å². The van der Waals surface area contributed by atoms with E-state index in [4.69, 9.17) is 17.1 Å². The number of thiol groups is 1. The third-order valence-electron chi connectivity index (χ3n) is 9.23. The lowest BCUT2D eigenvalue weighted by Crippen LogP contribution is -2.27. The van der Waals surface area contributed by atoms with Crippen LogP contribution in [0.4, 0.5) is 0 Å². The first-order valence-corrected chi connectivity index (χ1v) is 20.7. The van der Waals surface area contributed by atoms with Gasteiger partial charge in [0.15, 0.2) is 0 Å². The van der Waals surface area contributed by atoms with Crippen molar-refractivity contribution in [1.82, 2.24) is 5.06 Å². The van der Waals surface area contributed by atoms with Crippen LogP contribution in [0, 0.1) is 0 Å². The van der Waals surface area contributed by atoms with E-state index in [9.17, 15) is 0 Å². The fourth-order valence-corrected chi connectivity index (χ4v) is 6.56. The van der Waals surface area contributed by atoms with Crippen molar-refractivity contribution < 1.29 is 4.84 Å². The molecule has 0 saturated heterocycles. The Hall–Kier alpha value is 0.200. The van der Waals surface area contributed by atoms with Crippen LogP contribution in [-0.4, -0.2) is 22.5 Å². The molecule has 0 rings (SSSR count). The number of rotatable bonds is 37. The lowest BCUT2D eigenvalue weighted by Gasteiger charge is -2.21. The molecule has 0 unspecified atom stereocenters. The Bertz CT molecular complexity index is 491. The summed E-state index contributed by atoms with van der Waals surface area (Å²) in [5.74, 6) is 0. The van der Waals surface area contributed by atoms with Crippen molar-refractivity contribution in [3.05, 3.63) is 0 Å². The van der Waals surface area contributed by atoms with Crippen molar-refractivity contribution in [3.63, 3.8) is 0 Å². The predicted octanol–water partition coefficient (Wildman–Crippen LogP) is 14.7. The second-order valence-electron chi connectivity index (χ2n) is 13.6. The van der Waals surface area contributed by atoms with Crippen LogP contribution in [0.1, 0.15) is 232 Å². The Morgan fingerprint density at radius 3 is 0.744 bits per heavy atom. The molecular weight excluding hydrogens is 563 g/mol. The first-order chi connectivity index (χ1) is 21.2. The third kappa shape index (κ3) is 38.3. The van der Waals surface area contributed by atoms with E-state index >= 15 is 0 Å². The first kappa shape index (κ1) is 43.2. The smallest absolute Gasteiger partial charge is 0.241 e. The summed E-state index contributed by atoms with van der Waals surface area (Å²) in [4.78, 5) is 5.74. The SMILES string of the molecule is CCCCCCCCCCCCCCCCCCCN(CCCCCCCCCCCCCCCCCCC)OC(=S)S. The fraction of sp³-hybridized carbons (Fsp3) is 0.974. The standard InChI is InChI=1S/C39H79NOS2/c1-3-5-7-9-11-13-15-17-19-21-23-25-27-29-31-33-35-37-40(41-39(42)43)38-36-34-32-30-28-26-24-22-20-18-16-14-12-10-8-6-4-2/h3-38H2,1-2H3,(H,42,43). The van der Waals surface area contributed by atoms with Gasteiger partial charge in [-0.1, -0.05) is 232 Å². The maximum Gasteiger partial charge on any atom is 0.241 e. The van der Waals surface area contributed by atoms with E-state index in [1.165, 1.54) is 218 Å². The minimum absolute atomic E-state index is 0.360. The van der Waals surface area contributed by atoms with E-state index in [-0.39, 0.29) is 0 Å². The number of hydroxylamine groups is 2. The molecule has 0 aliphatic heterocycles. The van der Waals surface area contributed by atoms with Gasteiger partial charge in [-0.25, -0.2) is 0 Å². The maximum absolute atomic E-state index is 5.74. The maximum atomic E-state index is 5.74. The van der Waals surface area contributed by atoms with Gasteiger partial charge >= 0.3 is 0 Å². The summed E-state index contributed by atoms with van der Waals surface area (Å²) in [6.07, 6.45) is 48.0. The number of hydrogen-bond donors (Lipinski definition) is 1.